The molecule has 0 aliphatic carbocycles. The number of nitrogens with two attached hydrogens (primary N) is 1. The molecule has 21 heavy (non-hydrogen) atoms. The van der Waals surface area contributed by atoms with Gasteiger partial charge in [-0.1, -0.05) is 0 Å². The Kier molecular flexibility index (Phi) is 3.25. The summed E-state index contributed by atoms with van der Waals surface area (Å²) in [4.78, 5) is 4.30. The predicted molar refractivity (Wildman–Crippen MR) is 84.8 cm³/mol. The molecule has 2 unspecified atom stereocenters. The summed E-state index contributed by atoms with van der Waals surface area (Å²) in [7, 11) is 0. The van der Waals surface area contributed by atoms with Crippen LogP contribution in [0.2, 0.25) is 0 Å². The Morgan fingerprint density at radius 3 is 3.19 bits per heavy atom. The van der Waals surface area contributed by atoms with Gasteiger partial charge in [-0.2, -0.15) is 0 Å². The van der Waals surface area contributed by atoms with E-state index in [-0.39, 0.29) is 6.04 Å². The number of fused-ring (bicyclic) bond motifs is 1. The number of rotatable bonds is 3. The number of ether oxygens (including phenoxy) is 1. The van der Waals surface area contributed by atoms with E-state index in [1.807, 2.05) is 12.5 Å². The zero-order valence-electron chi connectivity index (χ0n) is 11.6. The van der Waals surface area contributed by atoms with Gasteiger partial charge < -0.3 is 15.0 Å². The highest BCUT2D eigenvalue weighted by Crippen LogP contribution is 2.29. The van der Waals surface area contributed by atoms with E-state index in [2.05, 4.69) is 39.2 Å². The standard InChI is InChI=1S/C16H17N3OS/c17-16(12-3-5-20-9-12)14-8-18-10-19(14)13-1-2-15-11(7-13)4-6-21-15/h1-2,4,6-8,10,12,16H,3,5,9,17H2. The van der Waals surface area contributed by atoms with Crippen molar-refractivity contribution in [1.29, 1.82) is 0 Å². The molecule has 1 fully saturated rings. The number of hydrogen-bond donors (Lipinski definition) is 1. The molecule has 1 aliphatic rings. The predicted octanol–water partition coefficient (Wildman–Crippen LogP) is 3.12. The molecule has 3 aromatic rings. The molecule has 2 aromatic heterocycles. The maximum Gasteiger partial charge on any atom is 0.0994 e. The van der Waals surface area contributed by atoms with E-state index in [0.29, 0.717) is 5.92 Å². The lowest BCUT2D eigenvalue weighted by Crippen LogP contribution is -2.24. The summed E-state index contributed by atoms with van der Waals surface area (Å²) in [6.07, 6.45) is 4.75. The Morgan fingerprint density at radius 2 is 2.33 bits per heavy atom. The van der Waals surface area contributed by atoms with Crippen LogP contribution in [0, 0.1) is 5.92 Å². The maximum atomic E-state index is 6.44. The minimum atomic E-state index is -0.0341. The highest BCUT2D eigenvalue weighted by molar-refractivity contribution is 7.17. The molecule has 1 saturated heterocycles. The summed E-state index contributed by atoms with van der Waals surface area (Å²) in [6.45, 7) is 1.56. The van der Waals surface area contributed by atoms with Gasteiger partial charge in [-0.3, -0.25) is 0 Å². The van der Waals surface area contributed by atoms with E-state index in [4.69, 9.17) is 10.5 Å². The largest absolute Gasteiger partial charge is 0.381 e. The molecular formula is C16H17N3OS. The van der Waals surface area contributed by atoms with Gasteiger partial charge in [0.15, 0.2) is 0 Å². The van der Waals surface area contributed by atoms with Gasteiger partial charge in [0.1, 0.15) is 0 Å². The average Bonchev–Trinajstić information content (AvgIpc) is 3.24. The number of hydrogen-bond acceptors (Lipinski definition) is 4. The van der Waals surface area contributed by atoms with Crippen LogP contribution in [-0.4, -0.2) is 22.8 Å². The summed E-state index contributed by atoms with van der Waals surface area (Å²) in [5, 5.41) is 3.38. The third-order valence-corrected chi connectivity index (χ3v) is 5.09. The fourth-order valence-corrected chi connectivity index (χ4v) is 3.72. The normalized spacial score (nSPS) is 20.1. The smallest absolute Gasteiger partial charge is 0.0994 e. The van der Waals surface area contributed by atoms with E-state index >= 15 is 0 Å². The molecule has 0 spiro atoms. The summed E-state index contributed by atoms with van der Waals surface area (Å²) in [5.74, 6) is 0.380. The average molecular weight is 299 g/mol. The van der Waals surface area contributed by atoms with Crippen molar-refractivity contribution < 1.29 is 4.74 Å². The molecule has 108 valence electrons. The van der Waals surface area contributed by atoms with E-state index in [9.17, 15) is 0 Å². The zero-order chi connectivity index (χ0) is 14.2. The molecule has 4 rings (SSSR count). The summed E-state index contributed by atoms with van der Waals surface area (Å²) in [5.41, 5.74) is 8.61. The second-order valence-electron chi connectivity index (χ2n) is 5.48. The summed E-state index contributed by atoms with van der Waals surface area (Å²) >= 11 is 1.76. The molecule has 0 saturated carbocycles. The number of thiophene rings is 1. The first-order chi connectivity index (χ1) is 10.3. The fourth-order valence-electron chi connectivity index (χ4n) is 2.95. The summed E-state index contributed by atoms with van der Waals surface area (Å²) < 4.78 is 8.86. The van der Waals surface area contributed by atoms with Gasteiger partial charge >= 0.3 is 0 Å². The molecule has 0 amide bonds. The second-order valence-corrected chi connectivity index (χ2v) is 6.43. The number of nitrogens with zero attached hydrogens (tertiary/aromatic N) is 2. The van der Waals surface area contributed by atoms with Crippen LogP contribution in [0.25, 0.3) is 15.8 Å². The molecule has 2 atom stereocenters. The van der Waals surface area contributed by atoms with Crippen molar-refractivity contribution in [2.24, 2.45) is 11.7 Å². The van der Waals surface area contributed by atoms with Crippen molar-refractivity contribution in [3.8, 4) is 5.69 Å². The van der Waals surface area contributed by atoms with Crippen LogP contribution in [-0.2, 0) is 4.74 Å². The Bertz CT molecular complexity index is 758. The first-order valence-electron chi connectivity index (χ1n) is 7.16. The monoisotopic (exact) mass is 299 g/mol. The van der Waals surface area contributed by atoms with Gasteiger partial charge in [0.05, 0.1) is 30.9 Å². The first kappa shape index (κ1) is 13.0. The van der Waals surface area contributed by atoms with Crippen LogP contribution in [0.3, 0.4) is 0 Å². The zero-order valence-corrected chi connectivity index (χ0v) is 12.4. The maximum absolute atomic E-state index is 6.44. The molecule has 0 bridgehead atoms. The van der Waals surface area contributed by atoms with Crippen LogP contribution in [0.1, 0.15) is 18.2 Å². The van der Waals surface area contributed by atoms with E-state index in [0.717, 1.165) is 31.0 Å². The van der Waals surface area contributed by atoms with Crippen molar-refractivity contribution >= 4 is 21.4 Å². The van der Waals surface area contributed by atoms with Crippen molar-refractivity contribution in [2.75, 3.05) is 13.2 Å². The Hall–Kier alpha value is -1.69. The highest BCUT2D eigenvalue weighted by atomic mass is 32.1. The second kappa shape index (κ2) is 5.26. The quantitative estimate of drug-likeness (QED) is 0.808. The van der Waals surface area contributed by atoms with Gasteiger partial charge in [0.2, 0.25) is 0 Å². The Balaban J connectivity index is 1.73. The van der Waals surface area contributed by atoms with Crippen LogP contribution in [0.4, 0.5) is 0 Å². The summed E-state index contributed by atoms with van der Waals surface area (Å²) in [6, 6.07) is 8.58. The molecule has 4 nitrogen and oxygen atoms in total. The van der Waals surface area contributed by atoms with Crippen molar-refractivity contribution in [1.82, 2.24) is 9.55 Å². The highest BCUT2D eigenvalue weighted by Gasteiger charge is 2.26. The molecule has 2 N–H and O–H groups in total. The molecular weight excluding hydrogens is 282 g/mol. The third-order valence-electron chi connectivity index (χ3n) is 4.20. The molecule has 3 heterocycles. The lowest BCUT2D eigenvalue weighted by Gasteiger charge is -2.19. The molecule has 1 aliphatic heterocycles. The van der Waals surface area contributed by atoms with Crippen LogP contribution < -0.4 is 5.73 Å². The lowest BCUT2D eigenvalue weighted by molar-refractivity contribution is 0.180. The van der Waals surface area contributed by atoms with Gasteiger partial charge in [0, 0.05) is 22.9 Å². The topological polar surface area (TPSA) is 53.1 Å². The van der Waals surface area contributed by atoms with E-state index < -0.39 is 0 Å². The van der Waals surface area contributed by atoms with Crippen LogP contribution in [0.5, 0.6) is 0 Å². The fraction of sp³-hybridized carbons (Fsp3) is 0.312. The first-order valence-corrected chi connectivity index (χ1v) is 8.04. The van der Waals surface area contributed by atoms with Crippen molar-refractivity contribution in [2.45, 2.75) is 12.5 Å². The SMILES string of the molecule is NC(c1cncn1-c1ccc2sccc2c1)C1CCOC1. The van der Waals surface area contributed by atoms with Crippen molar-refractivity contribution in [3.63, 3.8) is 0 Å². The molecule has 5 heteroatoms. The van der Waals surface area contributed by atoms with Crippen LogP contribution in [0.15, 0.2) is 42.2 Å². The van der Waals surface area contributed by atoms with Gasteiger partial charge in [-0.15, -0.1) is 11.3 Å². The van der Waals surface area contributed by atoms with Crippen LogP contribution >= 0.6 is 11.3 Å². The minimum Gasteiger partial charge on any atom is -0.381 e. The van der Waals surface area contributed by atoms with Gasteiger partial charge in [-0.05, 0) is 41.5 Å². The molecule has 0 radical (unpaired) electrons. The Labute approximate surface area is 127 Å². The number of imidazole rings is 1. The van der Waals surface area contributed by atoms with Gasteiger partial charge in [-0.25, -0.2) is 4.98 Å². The van der Waals surface area contributed by atoms with E-state index in [1.165, 1.54) is 10.1 Å². The minimum absolute atomic E-state index is 0.0341. The lowest BCUT2D eigenvalue weighted by atomic mass is 9.97. The number of aromatic nitrogens is 2. The number of benzene rings is 1. The third kappa shape index (κ3) is 2.27. The van der Waals surface area contributed by atoms with Crippen molar-refractivity contribution in [3.05, 3.63) is 47.9 Å². The van der Waals surface area contributed by atoms with E-state index in [1.54, 1.807) is 11.3 Å². The van der Waals surface area contributed by atoms with Gasteiger partial charge in [0.25, 0.3) is 0 Å². The molecule has 1 aromatic carbocycles. The Morgan fingerprint density at radius 1 is 1.38 bits per heavy atom.